The standard InChI is InChI=1S/C15H18N3O10P/c19-12-4-5-13(20)18(12)28-15(22)17-8-11-3-1-2-10(6-11)7-16-14(21)26-9-27-29(23,24)25/h1-3,6H,4-5,7-9H2,(H,16,21)(H,17,22)(H2,23,24,25). The molecule has 158 valence electrons. The maximum atomic E-state index is 11.7. The fourth-order valence-corrected chi connectivity index (χ4v) is 2.36. The Hall–Kier alpha value is -2.99. The van der Waals surface area contributed by atoms with E-state index in [1.165, 1.54) is 0 Å². The largest absolute Gasteiger partial charge is 0.472 e. The highest BCUT2D eigenvalue weighted by Gasteiger charge is 2.32. The summed E-state index contributed by atoms with van der Waals surface area (Å²) in [5.41, 5.74) is 1.27. The van der Waals surface area contributed by atoms with E-state index in [1.54, 1.807) is 24.3 Å². The van der Waals surface area contributed by atoms with E-state index in [1.807, 2.05) is 0 Å². The number of alkyl carbamates (subject to hydrolysis) is 1. The number of phosphoric ester groups is 1. The van der Waals surface area contributed by atoms with Gasteiger partial charge in [-0.3, -0.25) is 9.59 Å². The average molecular weight is 431 g/mol. The quantitative estimate of drug-likeness (QED) is 0.253. The molecule has 1 saturated heterocycles. The predicted octanol–water partition coefficient (Wildman–Crippen LogP) is 0.270. The topological polar surface area (TPSA) is 181 Å². The molecule has 0 atom stereocenters. The number of ether oxygens (including phenoxy) is 1. The van der Waals surface area contributed by atoms with E-state index in [0.717, 1.165) is 0 Å². The number of rotatable bonds is 8. The second-order valence-electron chi connectivity index (χ2n) is 5.66. The van der Waals surface area contributed by atoms with Crippen LogP contribution in [0.5, 0.6) is 0 Å². The predicted molar refractivity (Wildman–Crippen MR) is 92.2 cm³/mol. The van der Waals surface area contributed by atoms with E-state index in [9.17, 15) is 23.7 Å². The summed E-state index contributed by atoms with van der Waals surface area (Å²) in [6.07, 6.45) is -1.93. The number of hydroxylamine groups is 2. The smallest absolute Gasteiger partial charge is 0.422 e. The van der Waals surface area contributed by atoms with Crippen molar-refractivity contribution < 1.29 is 47.6 Å². The van der Waals surface area contributed by atoms with E-state index in [-0.39, 0.29) is 25.9 Å². The molecular formula is C15H18N3O10P. The fraction of sp³-hybridized carbons (Fsp3) is 0.333. The third-order valence-electron chi connectivity index (χ3n) is 3.46. The van der Waals surface area contributed by atoms with Gasteiger partial charge in [-0.15, -0.1) is 5.06 Å². The third kappa shape index (κ3) is 7.87. The molecule has 0 aliphatic carbocycles. The average Bonchev–Trinajstić information content (AvgIpc) is 2.96. The van der Waals surface area contributed by atoms with E-state index in [0.29, 0.717) is 16.2 Å². The number of carbonyl (C=O) groups excluding carboxylic acids is 4. The number of benzene rings is 1. The lowest BCUT2D eigenvalue weighted by atomic mass is 10.1. The maximum absolute atomic E-state index is 11.7. The van der Waals surface area contributed by atoms with E-state index < -0.39 is 38.6 Å². The van der Waals surface area contributed by atoms with Crippen molar-refractivity contribution >= 4 is 31.8 Å². The zero-order chi connectivity index (χ0) is 21.4. The van der Waals surface area contributed by atoms with Gasteiger partial charge in [0.25, 0.3) is 11.8 Å². The van der Waals surface area contributed by atoms with Crippen molar-refractivity contribution in [2.45, 2.75) is 25.9 Å². The van der Waals surface area contributed by atoms with Crippen LogP contribution < -0.4 is 10.6 Å². The summed E-state index contributed by atoms with van der Waals surface area (Å²) in [4.78, 5) is 67.5. The molecule has 13 nitrogen and oxygen atoms in total. The Morgan fingerprint density at radius 3 is 2.14 bits per heavy atom. The van der Waals surface area contributed by atoms with Gasteiger partial charge in [0.05, 0.1) is 0 Å². The molecule has 1 aromatic rings. The summed E-state index contributed by atoms with van der Waals surface area (Å²) in [7, 11) is -4.73. The number of imide groups is 1. The highest BCUT2D eigenvalue weighted by molar-refractivity contribution is 7.46. The van der Waals surface area contributed by atoms with E-state index >= 15 is 0 Å². The Morgan fingerprint density at radius 1 is 1.03 bits per heavy atom. The Morgan fingerprint density at radius 2 is 1.59 bits per heavy atom. The number of hydrogen-bond acceptors (Lipinski definition) is 8. The summed E-state index contributed by atoms with van der Waals surface area (Å²) < 4.78 is 18.9. The van der Waals surface area contributed by atoms with E-state index in [2.05, 4.69) is 24.7 Å². The van der Waals surface area contributed by atoms with Crippen molar-refractivity contribution in [1.82, 2.24) is 15.7 Å². The lowest BCUT2D eigenvalue weighted by Crippen LogP contribution is -2.36. The number of phosphoric acid groups is 1. The molecule has 1 aromatic carbocycles. The van der Waals surface area contributed by atoms with Crippen LogP contribution in [0.3, 0.4) is 0 Å². The molecule has 1 aliphatic rings. The van der Waals surface area contributed by atoms with Crippen LogP contribution in [0.25, 0.3) is 0 Å². The van der Waals surface area contributed by atoms with Crippen LogP contribution in [0, 0.1) is 0 Å². The lowest BCUT2D eigenvalue weighted by Gasteiger charge is -2.13. The first-order valence-electron chi connectivity index (χ1n) is 8.14. The normalized spacial score (nSPS) is 13.9. The van der Waals surface area contributed by atoms with Crippen LogP contribution in [0.15, 0.2) is 24.3 Å². The van der Waals surface area contributed by atoms with Gasteiger partial charge in [0.15, 0.2) is 0 Å². The highest BCUT2D eigenvalue weighted by atomic mass is 31.2. The van der Waals surface area contributed by atoms with Gasteiger partial charge in [-0.05, 0) is 11.1 Å². The zero-order valence-corrected chi connectivity index (χ0v) is 15.8. The molecule has 0 radical (unpaired) electrons. The SMILES string of the molecule is O=C(NCc1cccc(CNC(=O)ON2C(=O)CCC2=O)c1)OCOP(=O)(O)O. The molecule has 0 saturated carbocycles. The first kappa shape index (κ1) is 22.3. The van der Waals surface area contributed by atoms with Gasteiger partial charge in [0, 0.05) is 25.9 Å². The first-order valence-corrected chi connectivity index (χ1v) is 9.67. The molecule has 0 aromatic heterocycles. The number of nitrogens with zero attached hydrogens (tertiary/aromatic N) is 1. The van der Waals surface area contributed by atoms with Gasteiger partial charge in [0.1, 0.15) is 0 Å². The van der Waals surface area contributed by atoms with E-state index in [4.69, 9.17) is 9.79 Å². The zero-order valence-electron chi connectivity index (χ0n) is 14.9. The van der Waals surface area contributed by atoms with Crippen molar-refractivity contribution in [3.8, 4) is 0 Å². The molecule has 1 heterocycles. The summed E-state index contributed by atoms with van der Waals surface area (Å²) in [5.74, 6) is -1.17. The van der Waals surface area contributed by atoms with Gasteiger partial charge < -0.3 is 30.0 Å². The molecule has 1 aliphatic heterocycles. The van der Waals surface area contributed by atoms with Crippen LogP contribution >= 0.6 is 7.82 Å². The van der Waals surface area contributed by atoms with Crippen LogP contribution in [-0.2, 0) is 41.3 Å². The van der Waals surface area contributed by atoms with Crippen molar-refractivity contribution in [2.75, 3.05) is 6.79 Å². The fourth-order valence-electron chi connectivity index (χ4n) is 2.17. The van der Waals surface area contributed by atoms with Crippen LogP contribution in [-0.4, -0.2) is 45.6 Å². The van der Waals surface area contributed by atoms with Gasteiger partial charge in [-0.25, -0.2) is 18.7 Å². The molecule has 1 fully saturated rings. The summed E-state index contributed by atoms with van der Waals surface area (Å²) in [6.45, 7) is -0.850. The van der Waals surface area contributed by atoms with Gasteiger partial charge in [-0.1, -0.05) is 24.3 Å². The third-order valence-corrected chi connectivity index (χ3v) is 3.90. The molecule has 0 bridgehead atoms. The first-order chi connectivity index (χ1) is 13.6. The van der Waals surface area contributed by atoms with Crippen molar-refractivity contribution in [3.05, 3.63) is 35.4 Å². The van der Waals surface area contributed by atoms with Crippen LogP contribution in [0.4, 0.5) is 9.59 Å². The molecule has 4 N–H and O–H groups in total. The second-order valence-corrected chi connectivity index (χ2v) is 6.90. The summed E-state index contributed by atoms with van der Waals surface area (Å²) in [6, 6.07) is 6.67. The number of carbonyl (C=O) groups is 4. The molecule has 29 heavy (non-hydrogen) atoms. The lowest BCUT2D eigenvalue weighted by molar-refractivity contribution is -0.171. The molecule has 0 unspecified atom stereocenters. The molecule has 4 amide bonds. The van der Waals surface area contributed by atoms with Crippen LogP contribution in [0.2, 0.25) is 0 Å². The number of amides is 4. The second kappa shape index (κ2) is 9.98. The van der Waals surface area contributed by atoms with Gasteiger partial charge in [0.2, 0.25) is 6.79 Å². The summed E-state index contributed by atoms with van der Waals surface area (Å²) in [5, 5.41) is 5.17. The van der Waals surface area contributed by atoms with Crippen molar-refractivity contribution in [1.29, 1.82) is 0 Å². The maximum Gasteiger partial charge on any atom is 0.472 e. The Kier molecular flexibility index (Phi) is 7.67. The van der Waals surface area contributed by atoms with Gasteiger partial charge in [-0.2, -0.15) is 0 Å². The minimum atomic E-state index is -4.73. The van der Waals surface area contributed by atoms with Crippen molar-refractivity contribution in [3.63, 3.8) is 0 Å². The minimum absolute atomic E-state index is 0.00493. The van der Waals surface area contributed by atoms with Crippen LogP contribution in [0.1, 0.15) is 24.0 Å². The Labute approximate surface area is 164 Å². The molecule has 2 rings (SSSR count). The van der Waals surface area contributed by atoms with Crippen molar-refractivity contribution in [2.24, 2.45) is 0 Å². The minimum Gasteiger partial charge on any atom is -0.422 e. The Bertz CT molecular complexity index is 823. The number of hydrogen-bond donors (Lipinski definition) is 4. The van der Waals surface area contributed by atoms with Gasteiger partial charge >= 0.3 is 20.0 Å². The molecule has 0 spiro atoms. The summed E-state index contributed by atoms with van der Waals surface area (Å²) >= 11 is 0. The highest BCUT2D eigenvalue weighted by Crippen LogP contribution is 2.35. The molecular weight excluding hydrogens is 413 g/mol. The molecule has 14 heteroatoms. The number of nitrogens with one attached hydrogen (secondary N) is 2. The Balaban J connectivity index is 1.75. The monoisotopic (exact) mass is 431 g/mol.